The van der Waals surface area contributed by atoms with Gasteiger partial charge in [-0.15, -0.1) is 0 Å². The first-order valence-corrected chi connectivity index (χ1v) is 29.5. The molecule has 16 nitrogen and oxygen atoms in total. The van der Waals surface area contributed by atoms with E-state index in [4.69, 9.17) is 28.4 Å². The van der Waals surface area contributed by atoms with Crippen molar-refractivity contribution in [2.24, 2.45) is 0 Å². The van der Waals surface area contributed by atoms with E-state index in [1.54, 1.807) is 40.6 Å². The van der Waals surface area contributed by atoms with Crippen LogP contribution in [0.3, 0.4) is 0 Å². The van der Waals surface area contributed by atoms with Crippen LogP contribution in [-0.4, -0.2) is 116 Å². The molecule has 442 valence electrons. The summed E-state index contributed by atoms with van der Waals surface area (Å²) in [6, 6.07) is 43.2. The Labute approximate surface area is 502 Å². The molecule has 4 aliphatic rings. The summed E-state index contributed by atoms with van der Waals surface area (Å²) in [5.41, 5.74) is 19.0. The average Bonchev–Trinajstić information content (AvgIpc) is 1.58. The summed E-state index contributed by atoms with van der Waals surface area (Å²) in [4.78, 5) is 56.2. The predicted octanol–water partition coefficient (Wildman–Crippen LogP) is 11.1. The smallest absolute Gasteiger partial charge is 0.338 e. The van der Waals surface area contributed by atoms with Gasteiger partial charge in [0.25, 0.3) is 11.8 Å². The van der Waals surface area contributed by atoms with Gasteiger partial charge in [0.2, 0.25) is 0 Å². The molecule has 2 amide bonds. The minimum atomic E-state index is -0.433. The van der Waals surface area contributed by atoms with Gasteiger partial charge in [-0.2, -0.15) is 0 Å². The van der Waals surface area contributed by atoms with Gasteiger partial charge in [-0.1, -0.05) is 72.8 Å². The van der Waals surface area contributed by atoms with Gasteiger partial charge in [0.1, 0.15) is 24.7 Å². The van der Waals surface area contributed by atoms with E-state index in [1.165, 1.54) is 11.1 Å². The third-order valence-electron chi connectivity index (χ3n) is 17.5. The number of aliphatic hydroxyl groups excluding tert-OH is 2. The number of benzene rings is 8. The van der Waals surface area contributed by atoms with Gasteiger partial charge < -0.3 is 58.0 Å². The molecule has 2 aliphatic carbocycles. The summed E-state index contributed by atoms with van der Waals surface area (Å²) in [6.07, 6.45) is 2.57. The third kappa shape index (κ3) is 9.73. The highest BCUT2D eigenvalue weighted by Gasteiger charge is 2.42. The zero-order valence-corrected chi connectivity index (χ0v) is 49.0. The largest absolute Gasteiger partial charge is 0.497 e. The second-order valence-corrected chi connectivity index (χ2v) is 22.3. The molecule has 0 saturated heterocycles. The first kappa shape index (κ1) is 56.8. The van der Waals surface area contributed by atoms with Gasteiger partial charge in [0.15, 0.2) is 0 Å². The molecular formula is C71H66N4O12. The lowest BCUT2D eigenvalue weighted by Crippen LogP contribution is -2.30. The van der Waals surface area contributed by atoms with E-state index in [2.05, 4.69) is 38.7 Å². The zero-order valence-electron chi connectivity index (χ0n) is 49.0. The lowest BCUT2D eigenvalue weighted by atomic mass is 9.92. The lowest BCUT2D eigenvalue weighted by Gasteiger charge is -2.29. The number of aliphatic hydroxyl groups is 2. The predicted molar refractivity (Wildman–Crippen MR) is 332 cm³/mol. The fourth-order valence-electron chi connectivity index (χ4n) is 13.8. The van der Waals surface area contributed by atoms with Crippen LogP contribution in [0, 0.1) is 0 Å². The van der Waals surface area contributed by atoms with Gasteiger partial charge >= 0.3 is 11.9 Å². The Morgan fingerprint density at radius 3 is 1.48 bits per heavy atom. The molecule has 0 unspecified atom stereocenters. The molecule has 8 aromatic carbocycles. The molecule has 2 aromatic heterocycles. The number of carbonyl (C=O) groups is 4. The van der Waals surface area contributed by atoms with E-state index >= 15 is 4.79 Å². The number of fused-ring (bicyclic) bond motifs is 20. The Morgan fingerprint density at radius 1 is 0.540 bits per heavy atom. The summed E-state index contributed by atoms with van der Waals surface area (Å²) in [5, 5.41) is 26.4. The summed E-state index contributed by atoms with van der Waals surface area (Å²) in [7, 11) is 6.41. The van der Waals surface area contributed by atoms with Crippen molar-refractivity contribution in [2.45, 2.75) is 57.9 Å². The number of methoxy groups -OCH3 is 4. The highest BCUT2D eigenvalue weighted by atomic mass is 16.6. The van der Waals surface area contributed by atoms with Crippen LogP contribution in [0.15, 0.2) is 133 Å². The third-order valence-corrected chi connectivity index (χ3v) is 17.5. The molecule has 2 aliphatic heterocycles. The van der Waals surface area contributed by atoms with E-state index in [-0.39, 0.29) is 38.2 Å². The molecular weight excluding hydrogens is 1100 g/mol. The topological polar surface area (TPSA) is 189 Å². The second kappa shape index (κ2) is 23.9. The van der Waals surface area contributed by atoms with Crippen molar-refractivity contribution in [2.75, 3.05) is 68.1 Å². The van der Waals surface area contributed by atoms with Crippen molar-refractivity contribution in [3.8, 4) is 33.8 Å². The number of rotatable bonds is 19. The number of nitrogens with one attached hydrogen (secondary N) is 1. The average molecular weight is 1170 g/mol. The highest BCUT2D eigenvalue weighted by molar-refractivity contribution is 6.22. The van der Waals surface area contributed by atoms with E-state index in [1.807, 2.05) is 102 Å². The number of ether oxygens (including phenoxy) is 6. The van der Waals surface area contributed by atoms with E-state index in [0.29, 0.717) is 75.3 Å². The quantitative estimate of drug-likeness (QED) is 0.0514. The molecule has 4 heterocycles. The Kier molecular flexibility index (Phi) is 15.6. The SMILES string of the molecule is COCCOC(=O)c1ccc2c(c1)c1c3c(c4c(c1n2CCCO)Cc1ccccc1-4)C(=O)N(C(c1ccc(OC)cc1)c1ccc(OC)cc1)C3.COCCOC(=O)c1ccc2c(c1)c1c3c(c4c(c1n2CCCO)Cc1ccccc1-4)C(=O)NC3. The summed E-state index contributed by atoms with van der Waals surface area (Å²) < 4.78 is 36.4. The van der Waals surface area contributed by atoms with Gasteiger partial charge in [-0.3, -0.25) is 9.59 Å². The minimum absolute atomic E-state index is 0.0378. The van der Waals surface area contributed by atoms with Crippen molar-refractivity contribution in [1.82, 2.24) is 19.4 Å². The van der Waals surface area contributed by atoms with Crippen molar-refractivity contribution in [1.29, 1.82) is 0 Å². The first-order chi connectivity index (χ1) is 42.6. The maximum atomic E-state index is 15.2. The van der Waals surface area contributed by atoms with Crippen LogP contribution in [0.4, 0.5) is 0 Å². The van der Waals surface area contributed by atoms with Crippen LogP contribution >= 0.6 is 0 Å². The Hall–Kier alpha value is -9.32. The van der Waals surface area contributed by atoms with Crippen LogP contribution in [0.2, 0.25) is 0 Å². The summed E-state index contributed by atoms with van der Waals surface area (Å²) >= 11 is 0. The first-order valence-electron chi connectivity index (χ1n) is 29.5. The van der Waals surface area contributed by atoms with Crippen molar-refractivity contribution >= 4 is 67.4 Å². The van der Waals surface area contributed by atoms with Gasteiger partial charge in [0.05, 0.1) is 66.8 Å². The van der Waals surface area contributed by atoms with Crippen LogP contribution in [-0.2, 0) is 58.0 Å². The molecule has 0 spiro atoms. The number of aromatic nitrogens is 2. The van der Waals surface area contributed by atoms with Crippen molar-refractivity contribution < 1.29 is 57.8 Å². The normalized spacial score (nSPS) is 13.4. The van der Waals surface area contributed by atoms with Gasteiger partial charge in [0, 0.05) is 110 Å². The molecule has 16 heteroatoms. The van der Waals surface area contributed by atoms with Gasteiger partial charge in [-0.05, 0) is 129 Å². The molecule has 87 heavy (non-hydrogen) atoms. The number of hydrogen-bond acceptors (Lipinski definition) is 12. The van der Waals surface area contributed by atoms with Crippen molar-refractivity contribution in [3.05, 3.63) is 200 Å². The standard InChI is InChI=1S/C43H40N2O7.C28H26N2O5/c1-49-21-22-52-43(48)29-13-18-36-33(24-29)38-35-25-45(40(26-9-14-30(50-2)15-10-26)27-11-16-31(51-3)17-12-27)42(47)39(35)37-32-8-5-4-7-28(32)23-34(37)41(38)44(36)19-6-20-46;1-34-11-12-35-28(33)17-7-8-22-19(14-17)24-21-15-29-27(32)25(21)23-18-6-3-2-5-16(18)13-20(23)26(24)30(22)9-4-10-31/h4-5,7-18,24,40,46H,6,19-23,25H2,1-3H3;2-3,5-8,14,31H,4,9-13,15H2,1H3,(H,29,32). The molecule has 0 bridgehead atoms. The van der Waals surface area contributed by atoms with Crippen LogP contribution in [0.5, 0.6) is 11.5 Å². The van der Waals surface area contributed by atoms with E-state index in [0.717, 1.165) is 123 Å². The summed E-state index contributed by atoms with van der Waals surface area (Å²) in [6.45, 7) is 3.10. The maximum Gasteiger partial charge on any atom is 0.338 e. The number of amides is 2. The van der Waals surface area contributed by atoms with Crippen LogP contribution in [0.25, 0.3) is 65.9 Å². The van der Waals surface area contributed by atoms with E-state index < -0.39 is 18.0 Å². The molecule has 0 radical (unpaired) electrons. The fraction of sp³-hybridized carbons (Fsp3) is 0.268. The molecule has 0 saturated carbocycles. The Balaban J connectivity index is 0.000000174. The van der Waals surface area contributed by atoms with Crippen LogP contribution < -0.4 is 14.8 Å². The van der Waals surface area contributed by atoms with Crippen molar-refractivity contribution in [3.63, 3.8) is 0 Å². The van der Waals surface area contributed by atoms with Crippen LogP contribution in [0.1, 0.15) is 105 Å². The summed E-state index contributed by atoms with van der Waals surface area (Å²) in [5.74, 6) is 0.527. The second-order valence-electron chi connectivity index (χ2n) is 22.3. The minimum Gasteiger partial charge on any atom is -0.497 e. The molecule has 3 N–H and O–H groups in total. The van der Waals surface area contributed by atoms with E-state index in [9.17, 15) is 24.6 Å². The monoisotopic (exact) mass is 1170 g/mol. The molecule has 14 rings (SSSR count). The molecule has 0 atom stereocenters. The number of hydrogen-bond donors (Lipinski definition) is 3. The Bertz CT molecular complexity index is 4340. The number of aryl methyl sites for hydroxylation is 2. The zero-order chi connectivity index (χ0) is 60.0. The maximum absolute atomic E-state index is 15.2. The fourth-order valence-corrected chi connectivity index (χ4v) is 13.8. The highest BCUT2D eigenvalue weighted by Crippen LogP contribution is 2.53. The number of nitrogens with zero attached hydrogens (tertiary/aromatic N) is 3. The molecule has 0 fully saturated rings. The number of carbonyl (C=O) groups excluding carboxylic acids is 4. The lowest BCUT2D eigenvalue weighted by molar-refractivity contribution is 0.0381. The Morgan fingerprint density at radius 2 is 1.01 bits per heavy atom. The number of esters is 2. The molecule has 10 aromatic rings. The van der Waals surface area contributed by atoms with Gasteiger partial charge in [-0.25, -0.2) is 9.59 Å².